The molecule has 5 rings (SSSR count). The van der Waals surface area contributed by atoms with Gasteiger partial charge in [-0.2, -0.15) is 0 Å². The van der Waals surface area contributed by atoms with E-state index in [0.717, 1.165) is 17.0 Å². The predicted molar refractivity (Wildman–Crippen MR) is 140 cm³/mol. The summed E-state index contributed by atoms with van der Waals surface area (Å²) in [5, 5.41) is 0.530. The van der Waals surface area contributed by atoms with Crippen LogP contribution in [0, 0.1) is 0 Å². The minimum Gasteiger partial charge on any atom is -0.463 e. The van der Waals surface area contributed by atoms with Crippen molar-refractivity contribution < 1.29 is 14.3 Å². The van der Waals surface area contributed by atoms with E-state index in [0.29, 0.717) is 38.8 Å². The topological polar surface area (TPSA) is 81.0 Å². The van der Waals surface area contributed by atoms with Crippen LogP contribution in [0.4, 0.5) is 5.69 Å². The highest BCUT2D eigenvalue weighted by molar-refractivity contribution is 7.07. The smallest absolute Gasteiger partial charge is 0.338 e. The summed E-state index contributed by atoms with van der Waals surface area (Å²) < 4.78 is 7.07. The Balaban J connectivity index is 1.82. The maximum atomic E-state index is 14.0. The number of benzene rings is 2. The first-order valence-electron chi connectivity index (χ1n) is 11.4. The first-order valence-corrected chi connectivity index (χ1v) is 12.6. The number of nitrogens with zero attached hydrogens (tertiary/aromatic N) is 3. The first-order chi connectivity index (χ1) is 17.4. The van der Waals surface area contributed by atoms with Crippen LogP contribution in [-0.4, -0.2) is 29.6 Å². The van der Waals surface area contributed by atoms with Crippen molar-refractivity contribution in [3.63, 3.8) is 0 Å². The molecule has 0 N–H and O–H groups in total. The van der Waals surface area contributed by atoms with E-state index in [2.05, 4.69) is 11.6 Å². The Morgan fingerprint density at radius 2 is 1.92 bits per heavy atom. The van der Waals surface area contributed by atoms with E-state index in [1.54, 1.807) is 49.1 Å². The number of hydrogen-bond donors (Lipinski definition) is 0. The molecule has 1 amide bonds. The van der Waals surface area contributed by atoms with Crippen LogP contribution in [0.3, 0.4) is 0 Å². The lowest BCUT2D eigenvalue weighted by Crippen LogP contribution is -2.41. The van der Waals surface area contributed by atoms with Crippen LogP contribution in [0.5, 0.6) is 0 Å². The molecule has 3 heterocycles. The fourth-order valence-corrected chi connectivity index (χ4v) is 5.87. The molecular weight excluding hydrogens is 498 g/mol. The van der Waals surface area contributed by atoms with Gasteiger partial charge in [0, 0.05) is 17.1 Å². The van der Waals surface area contributed by atoms with Gasteiger partial charge in [0.05, 0.1) is 35.2 Å². The van der Waals surface area contributed by atoms with E-state index in [4.69, 9.17) is 16.3 Å². The zero-order valence-corrected chi connectivity index (χ0v) is 21.2. The first kappa shape index (κ1) is 24.0. The van der Waals surface area contributed by atoms with Gasteiger partial charge in [0.25, 0.3) is 11.5 Å². The third-order valence-electron chi connectivity index (χ3n) is 6.14. The van der Waals surface area contributed by atoms with Crippen molar-refractivity contribution in [3.05, 3.63) is 108 Å². The van der Waals surface area contributed by atoms with Crippen LogP contribution in [0.1, 0.15) is 31.0 Å². The maximum absolute atomic E-state index is 14.0. The average molecular weight is 520 g/mol. The van der Waals surface area contributed by atoms with Gasteiger partial charge in [-0.15, -0.1) is 6.58 Å². The maximum Gasteiger partial charge on any atom is 0.338 e. The standard InChI is InChI=1S/C27H22ClN3O4S/c1-4-14-30-19-9-7-6-8-18(19)21(24(30)32)23-25(33)31-22(16-10-12-17(28)13-11-16)20(26(34)35-5-2)15(3)29-27(31)36-23/h4,6-13,22H,1,5,14H2,2-3H3/b23-21-/t22-/m1/s1. The van der Waals surface area contributed by atoms with Crippen molar-refractivity contribution in [2.24, 2.45) is 4.99 Å². The summed E-state index contributed by atoms with van der Waals surface area (Å²) >= 11 is 7.25. The van der Waals surface area contributed by atoms with E-state index >= 15 is 0 Å². The second kappa shape index (κ2) is 9.37. The number of amides is 1. The predicted octanol–water partition coefficient (Wildman–Crippen LogP) is 3.35. The Morgan fingerprint density at radius 1 is 1.19 bits per heavy atom. The number of hydrogen-bond acceptors (Lipinski definition) is 6. The van der Waals surface area contributed by atoms with Crippen LogP contribution < -0.4 is 19.8 Å². The average Bonchev–Trinajstić information content (AvgIpc) is 3.32. The SMILES string of the molecule is C=CCN1C(=O)/C(=c2\sc3n(c2=O)[C@H](c2ccc(Cl)cc2)C(C(=O)OCC)=C(C)N=3)c2ccccc21. The molecule has 0 bridgehead atoms. The highest BCUT2D eigenvalue weighted by Crippen LogP contribution is 2.35. The molecule has 7 nitrogen and oxygen atoms in total. The zero-order chi connectivity index (χ0) is 25.6. The van der Waals surface area contributed by atoms with Gasteiger partial charge in [-0.25, -0.2) is 9.79 Å². The van der Waals surface area contributed by atoms with Crippen LogP contribution in [0.15, 0.2) is 82.2 Å². The lowest BCUT2D eigenvalue weighted by molar-refractivity contribution is -0.139. The Hall–Kier alpha value is -3.75. The van der Waals surface area contributed by atoms with E-state index in [1.165, 1.54) is 4.57 Å². The lowest BCUT2D eigenvalue weighted by Gasteiger charge is -2.24. The van der Waals surface area contributed by atoms with Crippen molar-refractivity contribution in [2.45, 2.75) is 19.9 Å². The molecule has 182 valence electrons. The normalized spacial score (nSPS) is 18.0. The van der Waals surface area contributed by atoms with Gasteiger partial charge in [-0.1, -0.05) is 59.3 Å². The highest BCUT2D eigenvalue weighted by atomic mass is 35.5. The number of thiazole rings is 1. The summed E-state index contributed by atoms with van der Waals surface area (Å²) in [4.78, 5) is 47.1. The molecule has 0 radical (unpaired) electrons. The Kier molecular flexibility index (Phi) is 6.24. The third kappa shape index (κ3) is 3.73. The molecule has 0 fully saturated rings. The number of allylic oxidation sites excluding steroid dienone is 1. The molecule has 36 heavy (non-hydrogen) atoms. The fraction of sp³-hybridized carbons (Fsp3) is 0.185. The summed E-state index contributed by atoms with van der Waals surface area (Å²) in [6, 6.07) is 13.5. The highest BCUT2D eigenvalue weighted by Gasteiger charge is 2.37. The molecule has 0 aliphatic carbocycles. The minimum atomic E-state index is -0.775. The summed E-state index contributed by atoms with van der Waals surface area (Å²) in [6.07, 6.45) is 1.65. The molecule has 0 saturated heterocycles. The second-order valence-electron chi connectivity index (χ2n) is 8.27. The number of ether oxygens (including phenoxy) is 1. The molecule has 2 aliphatic rings. The van der Waals surface area contributed by atoms with E-state index < -0.39 is 17.6 Å². The van der Waals surface area contributed by atoms with Gasteiger partial charge in [0.1, 0.15) is 4.53 Å². The molecule has 9 heteroatoms. The number of fused-ring (bicyclic) bond motifs is 2. The van der Waals surface area contributed by atoms with Crippen LogP contribution in [-0.2, 0) is 14.3 Å². The Labute approximate surface area is 215 Å². The number of para-hydroxylation sites is 1. The van der Waals surface area contributed by atoms with Crippen LogP contribution in [0.25, 0.3) is 5.57 Å². The van der Waals surface area contributed by atoms with Gasteiger partial charge in [0.2, 0.25) is 0 Å². The summed E-state index contributed by atoms with van der Waals surface area (Å²) in [7, 11) is 0. The molecule has 0 spiro atoms. The van der Waals surface area contributed by atoms with Crippen LogP contribution in [0.2, 0.25) is 5.02 Å². The number of rotatable bonds is 5. The van der Waals surface area contributed by atoms with Gasteiger partial charge < -0.3 is 9.64 Å². The van der Waals surface area contributed by atoms with E-state index in [1.807, 2.05) is 24.3 Å². The van der Waals surface area contributed by atoms with Crippen LogP contribution >= 0.6 is 22.9 Å². The zero-order valence-electron chi connectivity index (χ0n) is 19.7. The largest absolute Gasteiger partial charge is 0.463 e. The van der Waals surface area contributed by atoms with Gasteiger partial charge >= 0.3 is 5.97 Å². The number of halogens is 1. The molecule has 0 saturated carbocycles. The number of esters is 1. The van der Waals surface area contributed by atoms with Crippen molar-refractivity contribution in [3.8, 4) is 0 Å². The van der Waals surface area contributed by atoms with E-state index in [9.17, 15) is 14.4 Å². The molecule has 1 atom stereocenters. The molecule has 2 aromatic carbocycles. The van der Waals surface area contributed by atoms with Gasteiger partial charge in [-0.05, 0) is 37.6 Å². The van der Waals surface area contributed by atoms with Crippen molar-refractivity contribution in [1.82, 2.24) is 4.57 Å². The van der Waals surface area contributed by atoms with Crippen molar-refractivity contribution >= 4 is 46.1 Å². The summed E-state index contributed by atoms with van der Waals surface area (Å²) in [5.41, 5.74) is 2.74. The number of aromatic nitrogens is 1. The molecular formula is C27H22ClN3O4S. The van der Waals surface area contributed by atoms with Crippen molar-refractivity contribution in [2.75, 3.05) is 18.1 Å². The molecule has 3 aromatic rings. The van der Waals surface area contributed by atoms with E-state index in [-0.39, 0.29) is 22.6 Å². The Morgan fingerprint density at radius 3 is 2.61 bits per heavy atom. The van der Waals surface area contributed by atoms with Gasteiger partial charge in [0.15, 0.2) is 4.80 Å². The number of carbonyl (C=O) groups excluding carboxylic acids is 2. The van der Waals surface area contributed by atoms with Crippen molar-refractivity contribution in [1.29, 1.82) is 0 Å². The Bertz CT molecular complexity index is 1630. The quantitative estimate of drug-likeness (QED) is 0.382. The molecule has 0 unspecified atom stereocenters. The fourth-order valence-electron chi connectivity index (χ4n) is 4.61. The minimum absolute atomic E-state index is 0.182. The summed E-state index contributed by atoms with van der Waals surface area (Å²) in [5.74, 6) is -0.818. The number of anilines is 1. The molecule has 2 aliphatic heterocycles. The molecule has 1 aromatic heterocycles. The summed E-state index contributed by atoms with van der Waals surface area (Å²) in [6.45, 7) is 7.70. The van der Waals surface area contributed by atoms with Gasteiger partial charge in [-0.3, -0.25) is 14.2 Å². The second-order valence-corrected chi connectivity index (χ2v) is 9.68. The lowest BCUT2D eigenvalue weighted by atomic mass is 9.96. The monoisotopic (exact) mass is 519 g/mol. The number of carbonyl (C=O) groups is 2. The third-order valence-corrected chi connectivity index (χ3v) is 7.45.